The van der Waals surface area contributed by atoms with Crippen LogP contribution in [0.4, 0.5) is 8.78 Å². The van der Waals surface area contributed by atoms with Crippen LogP contribution >= 0.6 is 0 Å². The lowest BCUT2D eigenvalue weighted by atomic mass is 9.78. The maximum atomic E-state index is 12.2. The van der Waals surface area contributed by atoms with Crippen LogP contribution in [0.3, 0.4) is 0 Å². The van der Waals surface area contributed by atoms with E-state index in [1.54, 1.807) is 0 Å². The molecule has 0 spiro atoms. The molecule has 1 saturated heterocycles. The van der Waals surface area contributed by atoms with Gasteiger partial charge in [-0.15, -0.1) is 0 Å². The molecule has 2 aliphatic rings. The van der Waals surface area contributed by atoms with E-state index in [0.29, 0.717) is 12.0 Å². The molecule has 1 N–H and O–H groups in total. The maximum absolute atomic E-state index is 12.2. The summed E-state index contributed by atoms with van der Waals surface area (Å²) in [5.74, 6) is 1.41. The first-order valence-corrected chi connectivity index (χ1v) is 6.82. The van der Waals surface area contributed by atoms with Crippen LogP contribution in [-0.4, -0.2) is 43.0 Å². The second-order valence-corrected chi connectivity index (χ2v) is 5.91. The van der Waals surface area contributed by atoms with Gasteiger partial charge in [0.15, 0.2) is 0 Å². The number of alkyl halides is 2. The smallest absolute Gasteiger partial charge is 0.250 e. The highest BCUT2D eigenvalue weighted by Gasteiger charge is 2.36. The minimum absolute atomic E-state index is 0.161. The van der Waals surface area contributed by atoms with Gasteiger partial charge in [0.1, 0.15) is 0 Å². The predicted octanol–water partition coefficient (Wildman–Crippen LogP) is 2.35. The summed E-state index contributed by atoms with van der Waals surface area (Å²) in [6, 6.07) is 0.953. The Kier molecular flexibility index (Phi) is 4.36. The molecule has 1 aliphatic carbocycles. The number of likely N-dealkylation sites (tertiary alicyclic amines) is 1. The molecule has 17 heavy (non-hydrogen) atoms. The largest absolute Gasteiger partial charge is 0.307 e. The molecule has 0 radical (unpaired) electrons. The molecule has 0 aromatic heterocycles. The molecule has 2 rings (SSSR count). The van der Waals surface area contributed by atoms with Crippen LogP contribution in [-0.2, 0) is 0 Å². The van der Waals surface area contributed by atoms with Crippen molar-refractivity contribution in [3.05, 3.63) is 0 Å². The number of rotatable bonds is 4. The standard InChI is InChI=1S/C13H24F2N2/c1-9-5-11(16-6-13(14)15)8-17(7-9)12-4-3-10(12)2/h9-13,16H,3-8H2,1-2H3. The van der Waals surface area contributed by atoms with Crippen LogP contribution in [0.2, 0.25) is 0 Å². The van der Waals surface area contributed by atoms with Crippen LogP contribution < -0.4 is 5.32 Å². The molecule has 4 unspecified atom stereocenters. The lowest BCUT2D eigenvalue weighted by molar-refractivity contribution is 0.0230. The van der Waals surface area contributed by atoms with E-state index in [-0.39, 0.29) is 12.6 Å². The highest BCUT2D eigenvalue weighted by molar-refractivity contribution is 4.92. The highest BCUT2D eigenvalue weighted by atomic mass is 19.3. The van der Waals surface area contributed by atoms with Crippen molar-refractivity contribution in [2.24, 2.45) is 11.8 Å². The molecule has 2 fully saturated rings. The molecular weight excluding hydrogens is 222 g/mol. The number of nitrogens with zero attached hydrogens (tertiary/aromatic N) is 1. The Balaban J connectivity index is 1.83. The molecule has 1 saturated carbocycles. The summed E-state index contributed by atoms with van der Waals surface area (Å²) in [5, 5.41) is 3.01. The number of hydrogen-bond donors (Lipinski definition) is 1. The number of halogens is 2. The molecule has 100 valence electrons. The molecule has 2 nitrogen and oxygen atoms in total. The van der Waals surface area contributed by atoms with E-state index < -0.39 is 6.43 Å². The molecule has 1 aliphatic heterocycles. The maximum Gasteiger partial charge on any atom is 0.250 e. The van der Waals surface area contributed by atoms with E-state index in [1.165, 1.54) is 12.8 Å². The van der Waals surface area contributed by atoms with Crippen LogP contribution in [0, 0.1) is 11.8 Å². The monoisotopic (exact) mass is 246 g/mol. The summed E-state index contributed by atoms with van der Waals surface area (Å²) in [7, 11) is 0. The van der Waals surface area contributed by atoms with E-state index in [4.69, 9.17) is 0 Å². The average Bonchev–Trinajstić information content (AvgIpc) is 2.23. The molecule has 0 aromatic rings. The minimum atomic E-state index is -2.23. The van der Waals surface area contributed by atoms with Gasteiger partial charge in [-0.3, -0.25) is 4.90 Å². The summed E-state index contributed by atoms with van der Waals surface area (Å²) in [4.78, 5) is 2.52. The van der Waals surface area contributed by atoms with Gasteiger partial charge < -0.3 is 5.32 Å². The van der Waals surface area contributed by atoms with Gasteiger partial charge in [-0.05, 0) is 31.1 Å². The second-order valence-electron chi connectivity index (χ2n) is 5.91. The van der Waals surface area contributed by atoms with Gasteiger partial charge in [-0.1, -0.05) is 13.8 Å². The van der Waals surface area contributed by atoms with Crippen molar-refractivity contribution in [3.8, 4) is 0 Å². The fourth-order valence-electron chi connectivity index (χ4n) is 3.26. The van der Waals surface area contributed by atoms with E-state index in [1.807, 2.05) is 0 Å². The number of nitrogens with one attached hydrogen (secondary N) is 1. The normalized spacial score (nSPS) is 39.4. The van der Waals surface area contributed by atoms with Gasteiger partial charge >= 0.3 is 0 Å². The van der Waals surface area contributed by atoms with E-state index in [0.717, 1.165) is 25.4 Å². The van der Waals surface area contributed by atoms with Crippen molar-refractivity contribution in [1.82, 2.24) is 10.2 Å². The van der Waals surface area contributed by atoms with Crippen molar-refractivity contribution < 1.29 is 8.78 Å². The lowest BCUT2D eigenvalue weighted by Gasteiger charge is -2.48. The first kappa shape index (κ1) is 13.2. The summed E-state index contributed by atoms with van der Waals surface area (Å²) >= 11 is 0. The van der Waals surface area contributed by atoms with Crippen LogP contribution in [0.15, 0.2) is 0 Å². The number of piperidine rings is 1. The first-order chi connectivity index (χ1) is 8.06. The molecule has 0 aromatic carbocycles. The van der Waals surface area contributed by atoms with Crippen molar-refractivity contribution in [1.29, 1.82) is 0 Å². The zero-order valence-electron chi connectivity index (χ0n) is 10.8. The Morgan fingerprint density at radius 2 is 2.00 bits per heavy atom. The minimum Gasteiger partial charge on any atom is -0.307 e. The summed E-state index contributed by atoms with van der Waals surface area (Å²) in [6.07, 6.45) is 1.41. The van der Waals surface area contributed by atoms with Gasteiger partial charge in [0.25, 0.3) is 6.43 Å². The zero-order valence-corrected chi connectivity index (χ0v) is 10.8. The fraction of sp³-hybridized carbons (Fsp3) is 1.00. The van der Waals surface area contributed by atoms with E-state index >= 15 is 0 Å². The topological polar surface area (TPSA) is 15.3 Å². The average molecular weight is 246 g/mol. The van der Waals surface area contributed by atoms with Crippen molar-refractivity contribution in [2.45, 2.75) is 51.6 Å². The van der Waals surface area contributed by atoms with Gasteiger partial charge in [0.2, 0.25) is 0 Å². The lowest BCUT2D eigenvalue weighted by Crippen LogP contribution is -2.56. The van der Waals surface area contributed by atoms with Gasteiger partial charge in [0.05, 0.1) is 6.54 Å². The summed E-state index contributed by atoms with van der Waals surface area (Å²) in [6.45, 7) is 6.46. The summed E-state index contributed by atoms with van der Waals surface area (Å²) < 4.78 is 24.4. The Hall–Kier alpha value is -0.220. The fourth-order valence-corrected chi connectivity index (χ4v) is 3.26. The zero-order chi connectivity index (χ0) is 12.4. The Bertz CT molecular complexity index is 248. The van der Waals surface area contributed by atoms with Gasteiger partial charge in [-0.2, -0.15) is 0 Å². The van der Waals surface area contributed by atoms with E-state index in [9.17, 15) is 8.78 Å². The Labute approximate surface area is 103 Å². The van der Waals surface area contributed by atoms with Crippen LogP contribution in [0.5, 0.6) is 0 Å². The summed E-state index contributed by atoms with van der Waals surface area (Å²) in [5.41, 5.74) is 0. The quantitative estimate of drug-likeness (QED) is 0.819. The van der Waals surface area contributed by atoms with E-state index in [2.05, 4.69) is 24.1 Å². The van der Waals surface area contributed by atoms with Crippen molar-refractivity contribution >= 4 is 0 Å². The Morgan fingerprint density at radius 3 is 2.53 bits per heavy atom. The number of hydrogen-bond acceptors (Lipinski definition) is 2. The first-order valence-electron chi connectivity index (χ1n) is 6.82. The third kappa shape index (κ3) is 3.38. The molecule has 0 amide bonds. The Morgan fingerprint density at radius 1 is 1.24 bits per heavy atom. The molecule has 4 heteroatoms. The van der Waals surface area contributed by atoms with Gasteiger partial charge in [0, 0.05) is 25.2 Å². The van der Waals surface area contributed by atoms with Crippen molar-refractivity contribution in [3.63, 3.8) is 0 Å². The third-order valence-corrected chi connectivity index (χ3v) is 4.29. The predicted molar refractivity (Wildman–Crippen MR) is 65.3 cm³/mol. The molecule has 1 heterocycles. The molecule has 4 atom stereocenters. The highest BCUT2D eigenvalue weighted by Crippen LogP contribution is 2.34. The third-order valence-electron chi connectivity index (χ3n) is 4.29. The molecular formula is C13H24F2N2. The van der Waals surface area contributed by atoms with Crippen LogP contribution in [0.1, 0.15) is 33.1 Å². The van der Waals surface area contributed by atoms with Gasteiger partial charge in [-0.25, -0.2) is 8.78 Å². The van der Waals surface area contributed by atoms with Crippen LogP contribution in [0.25, 0.3) is 0 Å². The second kappa shape index (κ2) is 5.61. The molecule has 0 bridgehead atoms. The SMILES string of the molecule is CC1CC(NCC(F)F)CN(C2CCC2C)C1. The van der Waals surface area contributed by atoms with Crippen molar-refractivity contribution in [2.75, 3.05) is 19.6 Å².